The number of anilines is 2. The summed E-state index contributed by atoms with van der Waals surface area (Å²) < 4.78 is 7.25. The van der Waals surface area contributed by atoms with Crippen LogP contribution in [0.25, 0.3) is 11.1 Å². The summed E-state index contributed by atoms with van der Waals surface area (Å²) in [6.07, 6.45) is 0.929. The van der Waals surface area contributed by atoms with Gasteiger partial charge < -0.3 is 24.8 Å². The van der Waals surface area contributed by atoms with Gasteiger partial charge in [0, 0.05) is 55.5 Å². The number of nitrogens with zero attached hydrogens (tertiary/aromatic N) is 2. The standard InChI is InChI=1S/C27H28N4O4/c1-17(32)28-21-9-7-19(8-10-21)22-11-12-25(33)31-15-18-13-20(26(22)31)16-30(14-18)27(34)29-23-5-3-4-6-24(23)35-2/h3-12,18,20H,13-16H2,1-2H3,(H,28,32)(H,29,34). The number of urea groups is 1. The number of carbonyl (C=O) groups is 2. The first kappa shape index (κ1) is 22.7. The second kappa shape index (κ2) is 9.29. The van der Waals surface area contributed by atoms with Gasteiger partial charge in [-0.3, -0.25) is 9.59 Å². The van der Waals surface area contributed by atoms with Crippen LogP contribution in [0.5, 0.6) is 5.75 Å². The topological polar surface area (TPSA) is 92.7 Å². The van der Waals surface area contributed by atoms with E-state index in [4.69, 9.17) is 4.74 Å². The molecule has 0 aliphatic carbocycles. The van der Waals surface area contributed by atoms with Gasteiger partial charge >= 0.3 is 6.03 Å². The highest BCUT2D eigenvalue weighted by Gasteiger charge is 2.38. The quantitative estimate of drug-likeness (QED) is 0.597. The normalized spacial score (nSPS) is 18.4. The van der Waals surface area contributed by atoms with Gasteiger partial charge in [0.05, 0.1) is 12.8 Å². The smallest absolute Gasteiger partial charge is 0.321 e. The number of fused-ring (bicyclic) bond motifs is 4. The average Bonchev–Trinajstić information content (AvgIpc) is 2.85. The van der Waals surface area contributed by atoms with Crippen LogP contribution in [0.4, 0.5) is 16.2 Å². The summed E-state index contributed by atoms with van der Waals surface area (Å²) in [5, 5.41) is 5.76. The lowest BCUT2D eigenvalue weighted by Gasteiger charge is -2.43. The molecular weight excluding hydrogens is 444 g/mol. The van der Waals surface area contributed by atoms with Gasteiger partial charge in [-0.2, -0.15) is 0 Å². The molecule has 3 heterocycles. The second-order valence-corrected chi connectivity index (χ2v) is 9.17. The minimum absolute atomic E-state index is 0.0137. The highest BCUT2D eigenvalue weighted by atomic mass is 16.5. The van der Waals surface area contributed by atoms with Gasteiger partial charge in [-0.25, -0.2) is 4.79 Å². The van der Waals surface area contributed by atoms with E-state index in [9.17, 15) is 14.4 Å². The molecule has 5 rings (SSSR count). The molecule has 0 radical (unpaired) electrons. The van der Waals surface area contributed by atoms with Gasteiger partial charge in [0.15, 0.2) is 0 Å². The van der Waals surface area contributed by atoms with E-state index in [1.807, 2.05) is 64.1 Å². The molecule has 0 saturated carbocycles. The molecule has 35 heavy (non-hydrogen) atoms. The highest BCUT2D eigenvalue weighted by molar-refractivity contribution is 5.91. The number of para-hydroxylation sites is 2. The first-order chi connectivity index (χ1) is 16.9. The predicted molar refractivity (Wildman–Crippen MR) is 135 cm³/mol. The lowest BCUT2D eigenvalue weighted by molar-refractivity contribution is -0.114. The molecule has 2 aliphatic heterocycles. The van der Waals surface area contributed by atoms with Crippen LogP contribution in [0.15, 0.2) is 65.5 Å². The number of amides is 3. The average molecular weight is 473 g/mol. The lowest BCUT2D eigenvalue weighted by atomic mass is 9.80. The monoisotopic (exact) mass is 472 g/mol. The van der Waals surface area contributed by atoms with Crippen LogP contribution in [0.1, 0.15) is 25.0 Å². The molecule has 0 spiro atoms. The lowest BCUT2D eigenvalue weighted by Crippen LogP contribution is -2.50. The number of carbonyl (C=O) groups excluding carboxylic acids is 2. The minimum atomic E-state index is -0.169. The Kier molecular flexibility index (Phi) is 6.03. The van der Waals surface area contributed by atoms with Crippen LogP contribution >= 0.6 is 0 Å². The molecule has 3 amide bonds. The summed E-state index contributed by atoms with van der Waals surface area (Å²) in [7, 11) is 1.58. The number of ether oxygens (including phenoxy) is 1. The summed E-state index contributed by atoms with van der Waals surface area (Å²) in [5.74, 6) is 0.741. The van der Waals surface area contributed by atoms with Crippen LogP contribution < -0.4 is 20.9 Å². The fraction of sp³-hybridized carbons (Fsp3) is 0.296. The summed E-state index contributed by atoms with van der Waals surface area (Å²) in [6.45, 7) is 3.18. The van der Waals surface area contributed by atoms with Crippen molar-refractivity contribution in [3.8, 4) is 16.9 Å². The molecule has 8 nitrogen and oxygen atoms in total. The molecule has 2 unspecified atom stereocenters. The molecule has 1 aromatic heterocycles. The number of likely N-dealkylation sites (tertiary alicyclic amines) is 1. The number of hydrogen-bond acceptors (Lipinski definition) is 4. The number of aromatic nitrogens is 1. The third-order valence-electron chi connectivity index (χ3n) is 6.74. The van der Waals surface area contributed by atoms with E-state index in [0.29, 0.717) is 31.1 Å². The zero-order valence-corrected chi connectivity index (χ0v) is 19.8. The molecule has 1 saturated heterocycles. The van der Waals surface area contributed by atoms with E-state index in [1.54, 1.807) is 13.2 Å². The van der Waals surface area contributed by atoms with E-state index in [-0.39, 0.29) is 29.3 Å². The number of methoxy groups -OCH3 is 1. The molecule has 180 valence electrons. The zero-order chi connectivity index (χ0) is 24.5. The van der Waals surface area contributed by atoms with Crippen molar-refractivity contribution in [2.75, 3.05) is 30.8 Å². The third-order valence-corrected chi connectivity index (χ3v) is 6.74. The van der Waals surface area contributed by atoms with Crippen LogP contribution in [-0.2, 0) is 11.3 Å². The van der Waals surface area contributed by atoms with E-state index < -0.39 is 0 Å². The third kappa shape index (κ3) is 4.51. The van der Waals surface area contributed by atoms with Gasteiger partial charge in [-0.05, 0) is 48.2 Å². The number of benzene rings is 2. The Morgan fingerprint density at radius 2 is 1.71 bits per heavy atom. The SMILES string of the molecule is COc1ccccc1NC(=O)N1CC2CC(C1)c1c(-c3ccc(NC(C)=O)cc3)ccc(=O)n1C2. The molecule has 2 aliphatic rings. The molecule has 2 N–H and O–H groups in total. The van der Waals surface area contributed by atoms with Gasteiger partial charge in [0.2, 0.25) is 5.91 Å². The van der Waals surface area contributed by atoms with Crippen molar-refractivity contribution in [3.05, 3.63) is 76.7 Å². The van der Waals surface area contributed by atoms with Gasteiger partial charge in [-0.1, -0.05) is 24.3 Å². The van der Waals surface area contributed by atoms with Crippen molar-refractivity contribution in [2.45, 2.75) is 25.8 Å². The minimum Gasteiger partial charge on any atom is -0.495 e. The summed E-state index contributed by atoms with van der Waals surface area (Å²) >= 11 is 0. The largest absolute Gasteiger partial charge is 0.495 e. The van der Waals surface area contributed by atoms with Crippen molar-refractivity contribution in [2.24, 2.45) is 5.92 Å². The van der Waals surface area contributed by atoms with Crippen LogP contribution in [0.3, 0.4) is 0 Å². The highest BCUT2D eigenvalue weighted by Crippen LogP contribution is 2.40. The predicted octanol–water partition coefficient (Wildman–Crippen LogP) is 4.13. The Bertz CT molecular complexity index is 1330. The van der Waals surface area contributed by atoms with Crippen molar-refractivity contribution in [1.82, 2.24) is 9.47 Å². The van der Waals surface area contributed by atoms with Gasteiger partial charge in [0.25, 0.3) is 5.56 Å². The Labute approximate surface area is 203 Å². The van der Waals surface area contributed by atoms with Crippen LogP contribution in [0, 0.1) is 5.92 Å². The molecule has 1 fully saturated rings. The van der Waals surface area contributed by atoms with Crippen molar-refractivity contribution >= 4 is 23.3 Å². The first-order valence-electron chi connectivity index (χ1n) is 11.7. The number of hydrogen-bond donors (Lipinski definition) is 2. The van der Waals surface area contributed by atoms with Gasteiger partial charge in [0.1, 0.15) is 5.75 Å². The Morgan fingerprint density at radius 1 is 0.943 bits per heavy atom. The maximum atomic E-state index is 13.2. The van der Waals surface area contributed by atoms with Crippen LogP contribution in [0.2, 0.25) is 0 Å². The number of nitrogens with one attached hydrogen (secondary N) is 2. The van der Waals surface area contributed by atoms with Crippen molar-refractivity contribution in [3.63, 3.8) is 0 Å². The second-order valence-electron chi connectivity index (χ2n) is 9.17. The van der Waals surface area contributed by atoms with E-state index in [1.165, 1.54) is 6.92 Å². The summed E-state index contributed by atoms with van der Waals surface area (Å²) in [6, 6.07) is 18.3. The number of rotatable bonds is 4. The summed E-state index contributed by atoms with van der Waals surface area (Å²) in [5.41, 5.74) is 4.26. The molecule has 3 aromatic rings. The van der Waals surface area contributed by atoms with Gasteiger partial charge in [-0.15, -0.1) is 0 Å². The van der Waals surface area contributed by atoms with E-state index in [0.717, 1.165) is 28.9 Å². The summed E-state index contributed by atoms with van der Waals surface area (Å²) in [4.78, 5) is 39.2. The Balaban J connectivity index is 1.43. The number of pyridine rings is 1. The molecule has 2 bridgehead atoms. The fourth-order valence-corrected chi connectivity index (χ4v) is 5.30. The first-order valence-corrected chi connectivity index (χ1v) is 11.7. The molecule has 2 aromatic carbocycles. The van der Waals surface area contributed by atoms with Crippen molar-refractivity contribution < 1.29 is 14.3 Å². The molecular formula is C27H28N4O4. The van der Waals surface area contributed by atoms with Crippen molar-refractivity contribution in [1.29, 1.82) is 0 Å². The van der Waals surface area contributed by atoms with Crippen LogP contribution in [-0.4, -0.2) is 41.6 Å². The van der Waals surface area contributed by atoms with E-state index >= 15 is 0 Å². The Morgan fingerprint density at radius 3 is 2.46 bits per heavy atom. The fourth-order valence-electron chi connectivity index (χ4n) is 5.30. The maximum Gasteiger partial charge on any atom is 0.321 e. The zero-order valence-electron chi connectivity index (χ0n) is 19.8. The Hall–Kier alpha value is -4.07. The molecule has 2 atom stereocenters. The maximum absolute atomic E-state index is 13.2. The van der Waals surface area contributed by atoms with E-state index in [2.05, 4.69) is 10.6 Å². The number of piperidine rings is 1. The molecule has 8 heteroatoms.